The van der Waals surface area contributed by atoms with Crippen molar-refractivity contribution < 1.29 is 4.79 Å². The van der Waals surface area contributed by atoms with Crippen LogP contribution >= 0.6 is 0 Å². The summed E-state index contributed by atoms with van der Waals surface area (Å²) < 4.78 is 0. The Kier molecular flexibility index (Phi) is 4.33. The SMILES string of the molecule is O=C(CN1CCNCC1)Nc1cccc2c1CCCC2. The fourth-order valence-electron chi connectivity index (χ4n) is 3.16. The van der Waals surface area contributed by atoms with Crippen LogP contribution in [0.1, 0.15) is 24.0 Å². The Labute approximate surface area is 120 Å². The molecule has 1 fully saturated rings. The highest BCUT2D eigenvalue weighted by Gasteiger charge is 2.17. The molecule has 0 radical (unpaired) electrons. The smallest absolute Gasteiger partial charge is 0.238 e. The van der Waals surface area contributed by atoms with Gasteiger partial charge in [0.05, 0.1) is 6.54 Å². The molecule has 0 bridgehead atoms. The summed E-state index contributed by atoms with van der Waals surface area (Å²) in [5, 5.41) is 6.42. The van der Waals surface area contributed by atoms with Crippen molar-refractivity contribution in [1.29, 1.82) is 0 Å². The summed E-state index contributed by atoms with van der Waals surface area (Å²) in [5.74, 6) is 0.117. The fraction of sp³-hybridized carbons (Fsp3) is 0.562. The molecule has 1 saturated heterocycles. The lowest BCUT2D eigenvalue weighted by Gasteiger charge is -2.27. The molecule has 1 aliphatic heterocycles. The first-order valence-electron chi connectivity index (χ1n) is 7.66. The van der Waals surface area contributed by atoms with E-state index >= 15 is 0 Å². The Morgan fingerprint density at radius 1 is 1.20 bits per heavy atom. The van der Waals surface area contributed by atoms with Crippen LogP contribution in [0.15, 0.2) is 18.2 Å². The molecular weight excluding hydrogens is 250 g/mol. The first-order chi connectivity index (χ1) is 9.83. The summed E-state index contributed by atoms with van der Waals surface area (Å²) in [5.41, 5.74) is 3.80. The predicted octanol–water partition coefficient (Wildman–Crippen LogP) is 1.41. The van der Waals surface area contributed by atoms with Crippen molar-refractivity contribution in [1.82, 2.24) is 10.2 Å². The number of rotatable bonds is 3. The molecule has 0 unspecified atom stereocenters. The van der Waals surface area contributed by atoms with Crippen molar-refractivity contribution in [3.63, 3.8) is 0 Å². The van der Waals surface area contributed by atoms with E-state index < -0.39 is 0 Å². The molecular formula is C16H23N3O. The Morgan fingerprint density at radius 2 is 2.00 bits per heavy atom. The number of benzene rings is 1. The molecule has 1 amide bonds. The summed E-state index contributed by atoms with van der Waals surface area (Å²) in [6.45, 7) is 4.38. The largest absolute Gasteiger partial charge is 0.325 e. The zero-order valence-electron chi connectivity index (χ0n) is 12.0. The number of piperazine rings is 1. The van der Waals surface area contributed by atoms with Gasteiger partial charge in [-0.2, -0.15) is 0 Å². The molecule has 0 saturated carbocycles. The van der Waals surface area contributed by atoms with Crippen LogP contribution < -0.4 is 10.6 Å². The van der Waals surface area contributed by atoms with Crippen molar-refractivity contribution in [2.24, 2.45) is 0 Å². The van der Waals surface area contributed by atoms with Crippen LogP contribution in [0.4, 0.5) is 5.69 Å². The van der Waals surface area contributed by atoms with Crippen LogP contribution in [0.3, 0.4) is 0 Å². The highest BCUT2D eigenvalue weighted by atomic mass is 16.2. The zero-order valence-corrected chi connectivity index (χ0v) is 12.0. The van der Waals surface area contributed by atoms with Gasteiger partial charge in [-0.1, -0.05) is 12.1 Å². The maximum atomic E-state index is 12.2. The lowest BCUT2D eigenvalue weighted by atomic mass is 9.90. The van der Waals surface area contributed by atoms with Gasteiger partial charge in [0, 0.05) is 31.9 Å². The van der Waals surface area contributed by atoms with Gasteiger partial charge >= 0.3 is 0 Å². The van der Waals surface area contributed by atoms with Gasteiger partial charge in [0.2, 0.25) is 5.91 Å². The molecule has 1 aliphatic carbocycles. The van der Waals surface area contributed by atoms with E-state index in [4.69, 9.17) is 0 Å². The number of amides is 1. The fourth-order valence-corrected chi connectivity index (χ4v) is 3.16. The summed E-state index contributed by atoms with van der Waals surface area (Å²) in [6.07, 6.45) is 4.75. The van der Waals surface area contributed by atoms with Gasteiger partial charge in [-0.3, -0.25) is 9.69 Å². The highest BCUT2D eigenvalue weighted by Crippen LogP contribution is 2.27. The maximum Gasteiger partial charge on any atom is 0.238 e. The number of fused-ring (bicyclic) bond motifs is 1. The van der Waals surface area contributed by atoms with Gasteiger partial charge in [0.15, 0.2) is 0 Å². The van der Waals surface area contributed by atoms with Gasteiger partial charge in [0.25, 0.3) is 0 Å². The number of carbonyl (C=O) groups excluding carboxylic acids is 1. The first kappa shape index (κ1) is 13.6. The Morgan fingerprint density at radius 3 is 2.85 bits per heavy atom. The summed E-state index contributed by atoms with van der Waals surface area (Å²) >= 11 is 0. The molecule has 0 atom stereocenters. The van der Waals surface area contributed by atoms with E-state index in [2.05, 4.69) is 27.7 Å². The Bertz CT molecular complexity index is 481. The van der Waals surface area contributed by atoms with E-state index in [1.54, 1.807) is 0 Å². The second-order valence-corrected chi connectivity index (χ2v) is 5.72. The molecule has 0 aromatic heterocycles. The van der Waals surface area contributed by atoms with Gasteiger partial charge < -0.3 is 10.6 Å². The van der Waals surface area contributed by atoms with Gasteiger partial charge in [-0.15, -0.1) is 0 Å². The maximum absolute atomic E-state index is 12.2. The van der Waals surface area contributed by atoms with Gasteiger partial charge in [-0.05, 0) is 42.9 Å². The van der Waals surface area contributed by atoms with Crippen LogP contribution in [0.25, 0.3) is 0 Å². The number of nitrogens with zero attached hydrogens (tertiary/aromatic N) is 1. The van der Waals surface area contributed by atoms with Crippen LogP contribution in [-0.4, -0.2) is 43.5 Å². The quantitative estimate of drug-likeness (QED) is 0.875. The van der Waals surface area contributed by atoms with E-state index in [0.717, 1.165) is 44.7 Å². The van der Waals surface area contributed by atoms with E-state index in [9.17, 15) is 4.79 Å². The first-order valence-corrected chi connectivity index (χ1v) is 7.66. The number of nitrogens with one attached hydrogen (secondary N) is 2. The molecule has 1 aromatic carbocycles. The standard InChI is InChI=1S/C16H23N3O/c20-16(12-19-10-8-17-9-11-19)18-15-7-3-5-13-4-1-2-6-14(13)15/h3,5,7,17H,1-2,4,6,8-12H2,(H,18,20). The summed E-state index contributed by atoms with van der Waals surface area (Å²) in [6, 6.07) is 6.30. The number of aryl methyl sites for hydroxylation is 1. The minimum Gasteiger partial charge on any atom is -0.325 e. The second kappa shape index (κ2) is 6.37. The van der Waals surface area contributed by atoms with Crippen molar-refractivity contribution in [3.8, 4) is 0 Å². The predicted molar refractivity (Wildman–Crippen MR) is 81.0 cm³/mol. The van der Waals surface area contributed by atoms with E-state index in [0.29, 0.717) is 6.54 Å². The average Bonchev–Trinajstić information content (AvgIpc) is 2.48. The highest BCUT2D eigenvalue weighted by molar-refractivity contribution is 5.93. The molecule has 108 valence electrons. The van der Waals surface area contributed by atoms with E-state index in [1.807, 2.05) is 6.07 Å². The zero-order chi connectivity index (χ0) is 13.8. The molecule has 2 N–H and O–H groups in total. The Balaban J connectivity index is 1.63. The molecule has 20 heavy (non-hydrogen) atoms. The van der Waals surface area contributed by atoms with E-state index in [1.165, 1.54) is 24.0 Å². The molecule has 1 aromatic rings. The average molecular weight is 273 g/mol. The molecule has 4 nitrogen and oxygen atoms in total. The minimum absolute atomic E-state index is 0.117. The third-order valence-corrected chi connectivity index (χ3v) is 4.25. The number of hydrogen-bond donors (Lipinski definition) is 2. The van der Waals surface area contributed by atoms with Crippen LogP contribution in [0.2, 0.25) is 0 Å². The molecule has 4 heteroatoms. The third-order valence-electron chi connectivity index (χ3n) is 4.25. The third kappa shape index (κ3) is 3.19. The number of anilines is 1. The van der Waals surface area contributed by atoms with Crippen LogP contribution in [0, 0.1) is 0 Å². The number of carbonyl (C=O) groups is 1. The Hall–Kier alpha value is -1.39. The molecule has 1 heterocycles. The van der Waals surface area contributed by atoms with Crippen molar-refractivity contribution in [3.05, 3.63) is 29.3 Å². The van der Waals surface area contributed by atoms with Crippen molar-refractivity contribution in [2.75, 3.05) is 38.0 Å². The van der Waals surface area contributed by atoms with Crippen LogP contribution in [0.5, 0.6) is 0 Å². The minimum atomic E-state index is 0.117. The molecule has 3 rings (SSSR count). The van der Waals surface area contributed by atoms with Gasteiger partial charge in [0.1, 0.15) is 0 Å². The van der Waals surface area contributed by atoms with Crippen molar-refractivity contribution in [2.45, 2.75) is 25.7 Å². The molecule has 2 aliphatic rings. The van der Waals surface area contributed by atoms with E-state index in [-0.39, 0.29) is 5.91 Å². The summed E-state index contributed by atoms with van der Waals surface area (Å²) in [7, 11) is 0. The molecule has 0 spiro atoms. The number of hydrogen-bond acceptors (Lipinski definition) is 3. The monoisotopic (exact) mass is 273 g/mol. The summed E-state index contributed by atoms with van der Waals surface area (Å²) in [4.78, 5) is 14.4. The van der Waals surface area contributed by atoms with Crippen LogP contribution in [-0.2, 0) is 17.6 Å². The van der Waals surface area contributed by atoms with Gasteiger partial charge in [-0.25, -0.2) is 0 Å². The van der Waals surface area contributed by atoms with Crippen molar-refractivity contribution >= 4 is 11.6 Å². The lowest BCUT2D eigenvalue weighted by Crippen LogP contribution is -2.46. The topological polar surface area (TPSA) is 44.4 Å². The normalized spacial score (nSPS) is 19.4. The lowest BCUT2D eigenvalue weighted by molar-refractivity contribution is -0.117. The second-order valence-electron chi connectivity index (χ2n) is 5.72.